The van der Waals surface area contributed by atoms with Crippen molar-refractivity contribution in [1.29, 1.82) is 0 Å². The molecule has 0 fully saturated rings. The lowest BCUT2D eigenvalue weighted by atomic mass is 9.78. The first-order chi connectivity index (χ1) is 4.04. The van der Waals surface area contributed by atoms with Gasteiger partial charge >= 0.3 is 0 Å². The summed E-state index contributed by atoms with van der Waals surface area (Å²) in [4.78, 5) is 0. The van der Waals surface area contributed by atoms with Crippen molar-refractivity contribution >= 4 is 0 Å². The predicted molar refractivity (Wildman–Crippen MR) is 42.3 cm³/mol. The Labute approximate surface area is 58.6 Å². The van der Waals surface area contributed by atoms with Gasteiger partial charge in [-0.25, -0.2) is 0 Å². The first-order valence-electron chi connectivity index (χ1n) is 3.74. The van der Waals surface area contributed by atoms with Gasteiger partial charge in [-0.3, -0.25) is 0 Å². The van der Waals surface area contributed by atoms with Crippen molar-refractivity contribution in [2.45, 2.75) is 34.1 Å². The minimum atomic E-state index is 0.425. The van der Waals surface area contributed by atoms with E-state index in [0.717, 1.165) is 6.54 Å². The molecule has 0 unspecified atom stereocenters. The van der Waals surface area contributed by atoms with Crippen LogP contribution in [0.4, 0.5) is 0 Å². The Bertz CT molecular complexity index is 76.6. The van der Waals surface area contributed by atoms with Crippen molar-refractivity contribution in [3.05, 3.63) is 0 Å². The third-order valence-corrected chi connectivity index (χ3v) is 2.60. The van der Waals surface area contributed by atoms with Crippen LogP contribution in [0.15, 0.2) is 0 Å². The quantitative estimate of drug-likeness (QED) is 0.620. The van der Waals surface area contributed by atoms with E-state index in [1.54, 1.807) is 0 Å². The Morgan fingerprint density at radius 1 is 1.44 bits per heavy atom. The molecule has 0 aromatic heterocycles. The van der Waals surface area contributed by atoms with E-state index < -0.39 is 0 Å². The predicted octanol–water partition coefficient (Wildman–Crippen LogP) is 2.02. The van der Waals surface area contributed by atoms with E-state index in [-0.39, 0.29) is 0 Å². The fourth-order valence-corrected chi connectivity index (χ4v) is 0.667. The Balaban J connectivity index is 3.80. The van der Waals surface area contributed by atoms with E-state index in [0.29, 0.717) is 11.3 Å². The molecule has 0 radical (unpaired) electrons. The lowest BCUT2D eigenvalue weighted by molar-refractivity contribution is 0.228. The monoisotopic (exact) mass is 129 g/mol. The van der Waals surface area contributed by atoms with E-state index in [9.17, 15) is 0 Å². The van der Waals surface area contributed by atoms with Gasteiger partial charge in [0.05, 0.1) is 0 Å². The van der Waals surface area contributed by atoms with Gasteiger partial charge < -0.3 is 5.73 Å². The highest BCUT2D eigenvalue weighted by molar-refractivity contribution is 4.73. The van der Waals surface area contributed by atoms with Crippen LogP contribution >= 0.6 is 0 Å². The summed E-state index contributed by atoms with van der Waals surface area (Å²) in [7, 11) is 0. The number of nitrogens with two attached hydrogens (primary N) is 1. The highest BCUT2D eigenvalue weighted by Crippen LogP contribution is 2.28. The molecule has 0 saturated heterocycles. The molecule has 0 saturated carbocycles. The molecule has 1 atom stereocenters. The average molecular weight is 129 g/mol. The molecule has 0 aromatic rings. The fourth-order valence-electron chi connectivity index (χ4n) is 0.667. The second kappa shape index (κ2) is 3.21. The molecule has 1 nitrogen and oxygen atoms in total. The van der Waals surface area contributed by atoms with E-state index >= 15 is 0 Å². The Morgan fingerprint density at radius 2 is 1.89 bits per heavy atom. The molecule has 0 aromatic carbocycles. The van der Waals surface area contributed by atoms with Crippen LogP contribution < -0.4 is 5.73 Å². The van der Waals surface area contributed by atoms with Gasteiger partial charge in [0, 0.05) is 0 Å². The van der Waals surface area contributed by atoms with Crippen LogP contribution in [-0.2, 0) is 0 Å². The molecule has 1 heteroatoms. The Kier molecular flexibility index (Phi) is 3.20. The van der Waals surface area contributed by atoms with Gasteiger partial charge in [0.1, 0.15) is 0 Å². The van der Waals surface area contributed by atoms with Gasteiger partial charge in [0.2, 0.25) is 0 Å². The first kappa shape index (κ1) is 8.96. The Hall–Kier alpha value is -0.0400. The van der Waals surface area contributed by atoms with Crippen molar-refractivity contribution in [2.75, 3.05) is 6.54 Å². The van der Waals surface area contributed by atoms with Crippen LogP contribution in [0, 0.1) is 11.3 Å². The molecule has 0 bridgehead atoms. The molecule has 0 heterocycles. The van der Waals surface area contributed by atoms with Crippen molar-refractivity contribution in [3.63, 3.8) is 0 Å². The van der Waals surface area contributed by atoms with Gasteiger partial charge in [-0.15, -0.1) is 0 Å². The zero-order valence-electron chi connectivity index (χ0n) is 7.07. The highest BCUT2D eigenvalue weighted by atomic mass is 14.6. The number of hydrogen-bond donors (Lipinski definition) is 1. The van der Waals surface area contributed by atoms with Crippen molar-refractivity contribution in [3.8, 4) is 0 Å². The molecule has 0 spiro atoms. The maximum absolute atomic E-state index is 5.53. The van der Waals surface area contributed by atoms with Crippen LogP contribution in [0.25, 0.3) is 0 Å². The first-order valence-corrected chi connectivity index (χ1v) is 3.74. The van der Waals surface area contributed by atoms with Crippen LogP contribution in [0.5, 0.6) is 0 Å². The molecular weight excluding hydrogens is 110 g/mol. The van der Waals surface area contributed by atoms with E-state index in [4.69, 9.17) is 5.73 Å². The zero-order valence-corrected chi connectivity index (χ0v) is 7.07. The molecule has 0 amide bonds. The van der Waals surface area contributed by atoms with Crippen LogP contribution in [0.2, 0.25) is 0 Å². The van der Waals surface area contributed by atoms with E-state index in [1.165, 1.54) is 6.42 Å². The minimum Gasteiger partial charge on any atom is -0.330 e. The summed E-state index contributed by atoms with van der Waals surface area (Å²) in [5.41, 5.74) is 5.96. The van der Waals surface area contributed by atoms with Crippen molar-refractivity contribution in [2.24, 2.45) is 17.1 Å². The highest BCUT2D eigenvalue weighted by Gasteiger charge is 2.21. The molecule has 56 valence electrons. The van der Waals surface area contributed by atoms with Gasteiger partial charge in [-0.1, -0.05) is 34.1 Å². The van der Waals surface area contributed by atoms with Crippen LogP contribution in [0.3, 0.4) is 0 Å². The third-order valence-electron chi connectivity index (χ3n) is 2.60. The molecule has 0 aliphatic carbocycles. The largest absolute Gasteiger partial charge is 0.330 e. The minimum absolute atomic E-state index is 0.425. The standard InChI is InChI=1S/C8H19N/c1-5-8(3,4)7(2)6-9/h7H,5-6,9H2,1-4H3/t7-/m0/s1. The molecular formula is C8H19N. The van der Waals surface area contributed by atoms with Gasteiger partial charge in [0.25, 0.3) is 0 Å². The summed E-state index contributed by atoms with van der Waals surface area (Å²) in [5, 5.41) is 0. The maximum atomic E-state index is 5.53. The fraction of sp³-hybridized carbons (Fsp3) is 1.00. The summed E-state index contributed by atoms with van der Waals surface area (Å²) in [5.74, 6) is 0.641. The molecule has 2 N–H and O–H groups in total. The summed E-state index contributed by atoms with van der Waals surface area (Å²) in [6, 6.07) is 0. The molecule has 0 rings (SSSR count). The normalized spacial score (nSPS) is 15.7. The van der Waals surface area contributed by atoms with Crippen LogP contribution in [0.1, 0.15) is 34.1 Å². The molecule has 0 aliphatic heterocycles. The average Bonchev–Trinajstić information content (AvgIpc) is 1.86. The smallest absolute Gasteiger partial charge is 0.00464 e. The van der Waals surface area contributed by atoms with E-state index in [1.807, 2.05) is 0 Å². The maximum Gasteiger partial charge on any atom is -0.00464 e. The van der Waals surface area contributed by atoms with Crippen LogP contribution in [-0.4, -0.2) is 6.54 Å². The molecule has 0 aliphatic rings. The summed E-state index contributed by atoms with van der Waals surface area (Å²) >= 11 is 0. The van der Waals surface area contributed by atoms with Crippen molar-refractivity contribution in [1.82, 2.24) is 0 Å². The number of hydrogen-bond acceptors (Lipinski definition) is 1. The lowest BCUT2D eigenvalue weighted by Crippen LogP contribution is -2.27. The molecule has 9 heavy (non-hydrogen) atoms. The zero-order chi connectivity index (χ0) is 7.49. The SMILES string of the molecule is CCC(C)(C)[C@@H](C)CN. The number of rotatable bonds is 3. The van der Waals surface area contributed by atoms with Gasteiger partial charge in [-0.2, -0.15) is 0 Å². The van der Waals surface area contributed by atoms with Crippen molar-refractivity contribution < 1.29 is 0 Å². The van der Waals surface area contributed by atoms with E-state index in [2.05, 4.69) is 27.7 Å². The lowest BCUT2D eigenvalue weighted by Gasteiger charge is -2.29. The summed E-state index contributed by atoms with van der Waals surface area (Å²) in [6.07, 6.45) is 1.21. The summed E-state index contributed by atoms with van der Waals surface area (Å²) in [6.45, 7) is 9.77. The van der Waals surface area contributed by atoms with Gasteiger partial charge in [0.15, 0.2) is 0 Å². The Morgan fingerprint density at radius 3 is 2.00 bits per heavy atom. The summed E-state index contributed by atoms with van der Waals surface area (Å²) < 4.78 is 0. The topological polar surface area (TPSA) is 26.0 Å². The van der Waals surface area contributed by atoms with Gasteiger partial charge in [-0.05, 0) is 17.9 Å². The third kappa shape index (κ3) is 2.35. The second-order valence-corrected chi connectivity index (χ2v) is 3.48. The second-order valence-electron chi connectivity index (χ2n) is 3.48.